The zero-order chi connectivity index (χ0) is 69.4. The van der Waals surface area contributed by atoms with Crippen LogP contribution in [-0.2, 0) is 52.4 Å². The first-order chi connectivity index (χ1) is 44.5. The SMILES string of the molecule is CCCCn1ccnn1.CCCCn1ccnn1.CCCCn1ccnn1.CCCCn1ccnn1.CCCCn1ccnn1.CCCCn1ccnn1.CCCCn1ccnn1.CCCCn1ccnn1.N#CB(O)O.N#CB(O)O.N#CB(O)O.N#CB(O)O. The molecule has 0 aliphatic rings. The molecule has 0 radical (unpaired) electrons. The van der Waals surface area contributed by atoms with E-state index in [0.29, 0.717) is 0 Å². The van der Waals surface area contributed by atoms with Crippen molar-refractivity contribution in [3.05, 3.63) is 99.1 Å². The third kappa shape index (κ3) is 68.5. The Hall–Kier alpha value is -8.98. The van der Waals surface area contributed by atoms with Crippen LogP contribution < -0.4 is 0 Å². The lowest BCUT2D eigenvalue weighted by molar-refractivity contribution is 0.425. The summed E-state index contributed by atoms with van der Waals surface area (Å²) >= 11 is 0. The quantitative estimate of drug-likeness (QED) is 0.0403. The van der Waals surface area contributed by atoms with Gasteiger partial charge < -0.3 is 40.2 Å². The van der Waals surface area contributed by atoms with Gasteiger partial charge in [0.2, 0.25) is 0 Å². The molecular formula is C52H96B4N28O8. The second kappa shape index (κ2) is 71.1. The molecule has 0 unspecified atom stereocenters. The van der Waals surface area contributed by atoms with Gasteiger partial charge in [0.1, 0.15) is 0 Å². The molecule has 8 heterocycles. The second-order valence-electron chi connectivity index (χ2n) is 18.2. The lowest BCUT2D eigenvalue weighted by Crippen LogP contribution is -2.05. The highest BCUT2D eigenvalue weighted by molar-refractivity contribution is 6.51. The average molecular weight is 1280 g/mol. The van der Waals surface area contributed by atoms with Crippen LogP contribution in [0.15, 0.2) is 99.1 Å². The zero-order valence-electron chi connectivity index (χ0n) is 54.6. The normalized spacial score (nSPS) is 9.00. The fraction of sp³-hybridized carbons (Fsp3) is 0.615. The summed E-state index contributed by atoms with van der Waals surface area (Å²) in [5, 5.41) is 150. The Morgan fingerprint density at radius 1 is 0.239 bits per heavy atom. The van der Waals surface area contributed by atoms with E-state index in [1.165, 1.54) is 103 Å². The second-order valence-corrected chi connectivity index (χ2v) is 18.2. The minimum absolute atomic E-state index is 0.997. The van der Waals surface area contributed by atoms with E-state index in [2.05, 4.69) is 138 Å². The third-order valence-electron chi connectivity index (χ3n) is 10.2. The Labute approximate surface area is 541 Å². The first kappa shape index (κ1) is 89.4. The van der Waals surface area contributed by atoms with Crippen LogP contribution in [0.2, 0.25) is 0 Å². The third-order valence-corrected chi connectivity index (χ3v) is 10.2. The molecule has 92 heavy (non-hydrogen) atoms. The predicted molar refractivity (Wildman–Crippen MR) is 343 cm³/mol. The summed E-state index contributed by atoms with van der Waals surface area (Å²) in [7, 11) is -7.24. The van der Waals surface area contributed by atoms with E-state index in [0.717, 1.165) is 76.2 Å². The lowest BCUT2D eigenvalue weighted by Gasteiger charge is -1.94. The number of aryl methyl sites for hydroxylation is 8. The van der Waals surface area contributed by atoms with Gasteiger partial charge in [-0.2, -0.15) is 0 Å². The van der Waals surface area contributed by atoms with Crippen molar-refractivity contribution in [2.24, 2.45) is 0 Å². The van der Waals surface area contributed by atoms with E-state index < -0.39 is 28.5 Å². The number of unbranched alkanes of at least 4 members (excludes halogenated alkanes) is 8. The molecule has 0 bridgehead atoms. The van der Waals surface area contributed by atoms with Gasteiger partial charge in [0.05, 0.1) is 73.4 Å². The molecule has 0 aromatic carbocycles. The highest BCUT2D eigenvalue weighted by atomic mass is 16.4. The first-order valence-corrected chi connectivity index (χ1v) is 30.3. The maximum Gasteiger partial charge on any atom is 0.573 e. The molecule has 504 valence electrons. The van der Waals surface area contributed by atoms with Crippen molar-refractivity contribution in [1.29, 1.82) is 21.0 Å². The topological polar surface area (TPSA) is 503 Å². The number of rotatable bonds is 24. The Morgan fingerprint density at radius 3 is 0.391 bits per heavy atom. The van der Waals surface area contributed by atoms with Crippen molar-refractivity contribution in [1.82, 2.24) is 120 Å². The molecule has 0 saturated carbocycles. The van der Waals surface area contributed by atoms with Crippen molar-refractivity contribution in [3.63, 3.8) is 0 Å². The molecule has 0 aliphatic carbocycles. The molecule has 0 fully saturated rings. The van der Waals surface area contributed by atoms with Crippen LogP contribution in [0.4, 0.5) is 0 Å². The minimum atomic E-state index is -1.81. The summed E-state index contributed by atoms with van der Waals surface area (Å²) in [6, 6.07) is 0. The van der Waals surface area contributed by atoms with E-state index in [1.807, 2.05) is 87.0 Å². The smallest absolute Gasteiger partial charge is 0.415 e. The molecule has 0 aliphatic heterocycles. The van der Waals surface area contributed by atoms with Crippen LogP contribution in [0.1, 0.15) is 158 Å². The van der Waals surface area contributed by atoms with E-state index in [9.17, 15) is 0 Å². The van der Waals surface area contributed by atoms with Gasteiger partial charge in [0.15, 0.2) is 0 Å². The number of aromatic nitrogens is 24. The number of hydrogen-bond acceptors (Lipinski definition) is 28. The summed E-state index contributed by atoms with van der Waals surface area (Å²) in [5.41, 5.74) is 0. The van der Waals surface area contributed by atoms with Crippen molar-refractivity contribution in [2.75, 3.05) is 0 Å². The van der Waals surface area contributed by atoms with Gasteiger partial charge in [-0.1, -0.05) is 148 Å². The fourth-order valence-corrected chi connectivity index (χ4v) is 5.38. The van der Waals surface area contributed by atoms with Crippen LogP contribution in [0.3, 0.4) is 0 Å². The summed E-state index contributed by atoms with van der Waals surface area (Å²) in [6.45, 7) is 25.3. The van der Waals surface area contributed by atoms with Gasteiger partial charge in [0.25, 0.3) is 0 Å². The number of nitriles is 4. The lowest BCUT2D eigenvalue weighted by atomic mass is 9.97. The largest absolute Gasteiger partial charge is 0.573 e. The molecular weight excluding hydrogens is 1190 g/mol. The van der Waals surface area contributed by atoms with Crippen LogP contribution in [0, 0.1) is 44.9 Å². The maximum absolute atomic E-state index is 7.56. The van der Waals surface area contributed by atoms with E-state index in [4.69, 9.17) is 61.2 Å². The molecule has 0 spiro atoms. The predicted octanol–water partition coefficient (Wildman–Crippen LogP) is 2.71. The average Bonchev–Trinajstić information content (AvgIpc) is 4.51. The van der Waals surface area contributed by atoms with Gasteiger partial charge >= 0.3 is 28.5 Å². The van der Waals surface area contributed by atoms with Crippen LogP contribution in [0.5, 0.6) is 0 Å². The summed E-state index contributed by atoms with van der Waals surface area (Å²) < 4.78 is 14.8. The summed E-state index contributed by atoms with van der Waals surface area (Å²) in [4.78, 5) is 0. The van der Waals surface area contributed by atoms with E-state index in [1.54, 1.807) is 49.6 Å². The Kier molecular flexibility index (Phi) is 69.1. The highest BCUT2D eigenvalue weighted by Gasteiger charge is 2.01. The minimum Gasteiger partial charge on any atom is -0.415 e. The monoisotopic (exact) mass is 1280 g/mol. The number of nitrogens with zero attached hydrogens (tertiary/aromatic N) is 28. The highest BCUT2D eigenvalue weighted by Crippen LogP contribution is 1.95. The Balaban J connectivity index is -0.000000463. The molecule has 36 nitrogen and oxygen atoms in total. The first-order valence-electron chi connectivity index (χ1n) is 30.3. The van der Waals surface area contributed by atoms with Crippen molar-refractivity contribution in [2.45, 2.75) is 210 Å². The summed E-state index contributed by atoms with van der Waals surface area (Å²) in [6.07, 6.45) is 47.8. The van der Waals surface area contributed by atoms with Crippen molar-refractivity contribution < 1.29 is 40.2 Å². The standard InChI is InChI=1S/8C6H11N3.4CH2BNO2/c8*1-2-3-5-9-6-4-7-8-9;4*3-1-2(4)5/h8*4,6H,2-3,5H2,1H3;4*4-5H. The molecule has 8 aromatic heterocycles. The van der Waals surface area contributed by atoms with Gasteiger partial charge in [0, 0.05) is 102 Å². The molecule has 0 atom stereocenters. The van der Waals surface area contributed by atoms with Crippen LogP contribution in [0.25, 0.3) is 0 Å². The van der Waals surface area contributed by atoms with E-state index >= 15 is 0 Å². The zero-order valence-corrected chi connectivity index (χ0v) is 54.6. The molecule has 40 heteroatoms. The van der Waals surface area contributed by atoms with Crippen molar-refractivity contribution >= 4 is 28.5 Å². The summed E-state index contributed by atoms with van der Waals surface area (Å²) in [5.74, 6) is 4.56. The Morgan fingerprint density at radius 2 is 0.337 bits per heavy atom. The Bertz CT molecular complexity index is 2210. The maximum atomic E-state index is 7.56. The molecule has 8 aromatic rings. The van der Waals surface area contributed by atoms with Gasteiger partial charge in [-0.05, 0) is 51.4 Å². The molecule has 0 saturated heterocycles. The van der Waals surface area contributed by atoms with Crippen LogP contribution >= 0.6 is 0 Å². The molecule has 8 rings (SSSR count). The van der Waals surface area contributed by atoms with Crippen molar-refractivity contribution in [3.8, 4) is 23.9 Å². The van der Waals surface area contributed by atoms with Gasteiger partial charge in [-0.25, -0.2) is 21.0 Å². The van der Waals surface area contributed by atoms with Gasteiger partial charge in [-0.3, -0.25) is 37.5 Å². The molecule has 0 amide bonds. The fourth-order valence-electron chi connectivity index (χ4n) is 5.38. The van der Waals surface area contributed by atoms with Crippen LogP contribution in [-0.4, -0.2) is 189 Å². The molecule has 8 N–H and O–H groups in total. The van der Waals surface area contributed by atoms with E-state index in [-0.39, 0.29) is 0 Å². The number of hydrogen-bond donors (Lipinski definition) is 8. The van der Waals surface area contributed by atoms with Gasteiger partial charge in [-0.15, -0.1) is 40.8 Å².